The summed E-state index contributed by atoms with van der Waals surface area (Å²) < 4.78 is 26.8. The number of carbonyl (C=O) groups excluding carboxylic acids is 1. The second-order valence-electron chi connectivity index (χ2n) is 6.32. The van der Waals surface area contributed by atoms with Crippen molar-refractivity contribution in [3.8, 4) is 0 Å². The molecule has 7 nitrogen and oxygen atoms in total. The van der Waals surface area contributed by atoms with Crippen molar-refractivity contribution < 1.29 is 23.1 Å². The maximum absolute atomic E-state index is 12.3. The van der Waals surface area contributed by atoms with E-state index in [1.807, 2.05) is 0 Å². The number of nitrogens with one attached hydrogen (secondary N) is 2. The zero-order chi connectivity index (χ0) is 17.9. The summed E-state index contributed by atoms with van der Waals surface area (Å²) in [5, 5.41) is 11.8. The van der Waals surface area contributed by atoms with E-state index in [1.165, 1.54) is 24.3 Å². The minimum absolute atomic E-state index is 0.0266. The Kier molecular flexibility index (Phi) is 5.61. The van der Waals surface area contributed by atoms with E-state index < -0.39 is 27.8 Å². The Morgan fingerprint density at radius 2 is 1.96 bits per heavy atom. The van der Waals surface area contributed by atoms with Gasteiger partial charge in [0.1, 0.15) is 0 Å². The molecule has 0 saturated heterocycles. The minimum Gasteiger partial charge on any atom is -0.481 e. The van der Waals surface area contributed by atoms with Gasteiger partial charge in [0, 0.05) is 17.6 Å². The third-order valence-corrected chi connectivity index (χ3v) is 5.57. The number of benzene rings is 1. The lowest BCUT2D eigenvalue weighted by atomic mass is 10.1. The van der Waals surface area contributed by atoms with Crippen molar-refractivity contribution in [1.82, 2.24) is 10.0 Å². The molecule has 1 aliphatic carbocycles. The normalized spacial score (nSPS) is 21.0. The summed E-state index contributed by atoms with van der Waals surface area (Å²) in [6, 6.07) is 5.35. The van der Waals surface area contributed by atoms with Gasteiger partial charge in [-0.05, 0) is 51.3 Å². The first-order valence-corrected chi connectivity index (χ1v) is 9.33. The number of hydrogen-bond donors (Lipinski definition) is 3. The van der Waals surface area contributed by atoms with E-state index in [0.717, 1.165) is 0 Å². The van der Waals surface area contributed by atoms with Crippen LogP contribution < -0.4 is 10.0 Å². The number of carbonyl (C=O) groups is 2. The van der Waals surface area contributed by atoms with Gasteiger partial charge in [0.15, 0.2) is 0 Å². The van der Waals surface area contributed by atoms with E-state index >= 15 is 0 Å². The maximum atomic E-state index is 12.3. The lowest BCUT2D eigenvalue weighted by Gasteiger charge is -2.14. The van der Waals surface area contributed by atoms with Crippen LogP contribution >= 0.6 is 0 Å². The third-order valence-electron chi connectivity index (χ3n) is 3.91. The van der Waals surface area contributed by atoms with Crippen molar-refractivity contribution in [2.45, 2.75) is 50.1 Å². The predicted molar refractivity (Wildman–Crippen MR) is 88.1 cm³/mol. The van der Waals surface area contributed by atoms with Crippen LogP contribution in [-0.4, -0.2) is 37.5 Å². The molecule has 1 saturated carbocycles. The Morgan fingerprint density at radius 1 is 1.25 bits per heavy atom. The number of hydrogen-bond acceptors (Lipinski definition) is 4. The highest BCUT2D eigenvalue weighted by molar-refractivity contribution is 7.89. The Bertz CT molecular complexity index is 730. The molecule has 0 spiro atoms. The number of rotatable bonds is 6. The fourth-order valence-electron chi connectivity index (χ4n) is 2.79. The van der Waals surface area contributed by atoms with Crippen LogP contribution in [0.1, 0.15) is 43.5 Å². The number of amides is 1. The minimum atomic E-state index is -3.67. The number of carboxylic acids is 1. The molecule has 1 aromatic carbocycles. The lowest BCUT2D eigenvalue weighted by Crippen LogP contribution is -2.34. The third kappa shape index (κ3) is 4.55. The molecule has 3 N–H and O–H groups in total. The molecular formula is C16H22N2O5S. The molecule has 0 aromatic heterocycles. The summed E-state index contributed by atoms with van der Waals surface area (Å²) >= 11 is 0. The Morgan fingerprint density at radius 3 is 2.54 bits per heavy atom. The van der Waals surface area contributed by atoms with Crippen LogP contribution in [-0.2, 0) is 14.8 Å². The molecule has 1 amide bonds. The standard InChI is InChI=1S/C16H22N2O5S/c1-10(2)18-24(22,23)14-5-3-4-11(9-14)15(19)17-13-7-6-12(8-13)16(20)21/h3-5,9-10,12-13,18H,6-8H2,1-2H3,(H,17,19)(H,20,21)/t12-,13+/m0/s1. The smallest absolute Gasteiger partial charge is 0.306 e. The van der Waals surface area contributed by atoms with Gasteiger partial charge in [-0.3, -0.25) is 9.59 Å². The molecule has 2 rings (SSSR count). The zero-order valence-electron chi connectivity index (χ0n) is 13.7. The fraction of sp³-hybridized carbons (Fsp3) is 0.500. The zero-order valence-corrected chi connectivity index (χ0v) is 14.5. The van der Waals surface area contributed by atoms with Crippen LogP contribution in [0.15, 0.2) is 29.2 Å². The average Bonchev–Trinajstić information content (AvgIpc) is 2.95. The van der Waals surface area contributed by atoms with Crippen LogP contribution in [0.25, 0.3) is 0 Å². The quantitative estimate of drug-likeness (QED) is 0.714. The van der Waals surface area contributed by atoms with Gasteiger partial charge in [-0.2, -0.15) is 0 Å². The van der Waals surface area contributed by atoms with Gasteiger partial charge >= 0.3 is 5.97 Å². The van der Waals surface area contributed by atoms with Gasteiger partial charge in [-0.1, -0.05) is 6.07 Å². The lowest BCUT2D eigenvalue weighted by molar-refractivity contribution is -0.141. The summed E-state index contributed by atoms with van der Waals surface area (Å²) in [5.74, 6) is -1.68. The van der Waals surface area contributed by atoms with Crippen LogP contribution in [0.4, 0.5) is 0 Å². The Balaban J connectivity index is 2.09. The molecular weight excluding hydrogens is 332 g/mol. The Hall–Kier alpha value is -1.93. The molecule has 1 fully saturated rings. The highest BCUT2D eigenvalue weighted by atomic mass is 32.2. The van der Waals surface area contributed by atoms with Crippen molar-refractivity contribution >= 4 is 21.9 Å². The van der Waals surface area contributed by atoms with Crippen molar-refractivity contribution in [2.24, 2.45) is 5.92 Å². The highest BCUT2D eigenvalue weighted by Gasteiger charge is 2.30. The van der Waals surface area contributed by atoms with E-state index in [4.69, 9.17) is 5.11 Å². The summed E-state index contributed by atoms with van der Waals surface area (Å²) in [5.41, 5.74) is 0.236. The van der Waals surface area contributed by atoms with Gasteiger partial charge in [-0.25, -0.2) is 13.1 Å². The van der Waals surface area contributed by atoms with E-state index in [2.05, 4.69) is 10.0 Å². The molecule has 2 atom stereocenters. The molecule has 8 heteroatoms. The number of sulfonamides is 1. The molecule has 0 heterocycles. The van der Waals surface area contributed by atoms with E-state index in [1.54, 1.807) is 13.8 Å². The second-order valence-corrected chi connectivity index (χ2v) is 8.04. The SMILES string of the molecule is CC(C)NS(=O)(=O)c1cccc(C(=O)N[C@@H]2CC[C@H](C(=O)O)C2)c1. The average molecular weight is 354 g/mol. The molecule has 0 unspecified atom stereocenters. The van der Waals surface area contributed by atoms with Crippen molar-refractivity contribution in [2.75, 3.05) is 0 Å². The molecule has 24 heavy (non-hydrogen) atoms. The summed E-state index contributed by atoms with van der Waals surface area (Å²) in [6.07, 6.45) is 1.54. The number of carboxylic acid groups (broad SMARTS) is 1. The van der Waals surface area contributed by atoms with Crippen molar-refractivity contribution in [3.05, 3.63) is 29.8 Å². The van der Waals surface area contributed by atoms with E-state index in [0.29, 0.717) is 19.3 Å². The molecule has 0 bridgehead atoms. The van der Waals surface area contributed by atoms with Gasteiger partial charge in [0.25, 0.3) is 5.91 Å². The predicted octanol–water partition coefficient (Wildman–Crippen LogP) is 1.36. The first-order valence-electron chi connectivity index (χ1n) is 7.85. The Labute approximate surface area is 141 Å². The summed E-state index contributed by atoms with van der Waals surface area (Å²) in [4.78, 5) is 23.3. The molecule has 0 aliphatic heterocycles. The van der Waals surface area contributed by atoms with E-state index in [-0.39, 0.29) is 22.5 Å². The van der Waals surface area contributed by atoms with Gasteiger partial charge < -0.3 is 10.4 Å². The van der Waals surface area contributed by atoms with Gasteiger partial charge in [0.05, 0.1) is 10.8 Å². The summed E-state index contributed by atoms with van der Waals surface area (Å²) in [7, 11) is -3.67. The monoisotopic (exact) mass is 354 g/mol. The van der Waals surface area contributed by atoms with Gasteiger partial charge in [0.2, 0.25) is 10.0 Å². The first kappa shape index (κ1) is 18.4. The summed E-state index contributed by atoms with van der Waals surface area (Å²) in [6.45, 7) is 3.43. The fourth-order valence-corrected chi connectivity index (χ4v) is 4.08. The molecule has 132 valence electrons. The van der Waals surface area contributed by atoms with Gasteiger partial charge in [-0.15, -0.1) is 0 Å². The molecule has 0 radical (unpaired) electrons. The van der Waals surface area contributed by atoms with E-state index in [9.17, 15) is 18.0 Å². The van der Waals surface area contributed by atoms with Crippen LogP contribution in [0, 0.1) is 5.92 Å². The van der Waals surface area contributed by atoms with Crippen LogP contribution in [0.5, 0.6) is 0 Å². The highest BCUT2D eigenvalue weighted by Crippen LogP contribution is 2.26. The topological polar surface area (TPSA) is 113 Å². The molecule has 1 aromatic rings. The number of aliphatic carboxylic acids is 1. The first-order chi connectivity index (χ1) is 11.2. The van der Waals surface area contributed by atoms with Crippen molar-refractivity contribution in [1.29, 1.82) is 0 Å². The van der Waals surface area contributed by atoms with Crippen molar-refractivity contribution in [3.63, 3.8) is 0 Å². The largest absolute Gasteiger partial charge is 0.481 e. The van der Waals surface area contributed by atoms with Crippen LogP contribution in [0.3, 0.4) is 0 Å². The van der Waals surface area contributed by atoms with Crippen LogP contribution in [0.2, 0.25) is 0 Å². The molecule has 1 aliphatic rings. The maximum Gasteiger partial charge on any atom is 0.306 e. The second kappa shape index (κ2) is 7.31.